The van der Waals surface area contributed by atoms with Crippen LogP contribution in [0, 0.1) is 17.8 Å². The van der Waals surface area contributed by atoms with Crippen molar-refractivity contribution in [2.75, 3.05) is 13.7 Å². The minimum absolute atomic E-state index is 0.221. The van der Waals surface area contributed by atoms with Crippen LogP contribution < -0.4 is 4.74 Å². The summed E-state index contributed by atoms with van der Waals surface area (Å²) in [4.78, 5) is 23.9. The maximum atomic E-state index is 12.2. The molecular weight excluding hydrogens is 372 g/mol. The van der Waals surface area contributed by atoms with Gasteiger partial charge in [-0.1, -0.05) is 31.2 Å². The SMILES string of the molecule is COC(=O)c1cc(C(O)C#CC(=O)OC(C)(C)C)ccc1OCC1CCCCC1. The van der Waals surface area contributed by atoms with Crippen LogP contribution in [0.3, 0.4) is 0 Å². The van der Waals surface area contributed by atoms with Gasteiger partial charge in [0.2, 0.25) is 0 Å². The molecule has 0 aromatic heterocycles. The third-order valence-corrected chi connectivity index (χ3v) is 4.63. The molecule has 0 radical (unpaired) electrons. The number of benzene rings is 1. The van der Waals surface area contributed by atoms with Gasteiger partial charge in [0, 0.05) is 5.92 Å². The van der Waals surface area contributed by atoms with E-state index in [9.17, 15) is 14.7 Å². The van der Waals surface area contributed by atoms with Crippen LogP contribution >= 0.6 is 0 Å². The molecule has 6 nitrogen and oxygen atoms in total. The number of ether oxygens (including phenoxy) is 3. The molecule has 29 heavy (non-hydrogen) atoms. The summed E-state index contributed by atoms with van der Waals surface area (Å²) < 4.78 is 15.8. The standard InChI is InChI=1S/C23H30O6/c1-23(2,3)29-21(25)13-11-19(24)17-10-12-20(18(14-17)22(26)27-4)28-15-16-8-6-5-7-9-16/h10,12,14,16,19,24H,5-9,15H2,1-4H3. The molecule has 0 amide bonds. The molecule has 2 rings (SSSR count). The Kier molecular flexibility index (Phi) is 8.10. The maximum absolute atomic E-state index is 12.2. The summed E-state index contributed by atoms with van der Waals surface area (Å²) in [5, 5.41) is 10.3. The Balaban J connectivity index is 2.13. The van der Waals surface area contributed by atoms with E-state index < -0.39 is 23.6 Å². The lowest BCUT2D eigenvalue weighted by Crippen LogP contribution is -2.22. The average molecular weight is 402 g/mol. The molecule has 1 unspecified atom stereocenters. The molecule has 1 aliphatic rings. The van der Waals surface area contributed by atoms with Gasteiger partial charge in [0.25, 0.3) is 0 Å². The first-order valence-corrected chi connectivity index (χ1v) is 9.97. The smallest absolute Gasteiger partial charge is 0.384 e. The molecule has 1 N–H and O–H groups in total. The lowest BCUT2D eigenvalue weighted by atomic mass is 9.90. The average Bonchev–Trinajstić information content (AvgIpc) is 2.69. The number of carbonyl (C=O) groups is 2. The molecule has 0 spiro atoms. The van der Waals surface area contributed by atoms with Crippen molar-refractivity contribution < 1.29 is 28.9 Å². The topological polar surface area (TPSA) is 82.1 Å². The molecule has 0 saturated heterocycles. The number of aliphatic hydroxyl groups excluding tert-OH is 1. The monoisotopic (exact) mass is 402 g/mol. The summed E-state index contributed by atoms with van der Waals surface area (Å²) in [5.74, 6) is 4.34. The Hall–Kier alpha value is -2.52. The van der Waals surface area contributed by atoms with E-state index in [-0.39, 0.29) is 5.56 Å². The normalized spacial score (nSPS) is 15.6. The van der Waals surface area contributed by atoms with E-state index in [1.54, 1.807) is 32.9 Å². The van der Waals surface area contributed by atoms with Gasteiger partial charge in [-0.25, -0.2) is 9.59 Å². The number of esters is 2. The molecule has 0 aliphatic heterocycles. The first-order valence-electron chi connectivity index (χ1n) is 9.97. The summed E-state index contributed by atoms with van der Waals surface area (Å²) in [5.41, 5.74) is -0.0723. The Morgan fingerprint density at radius 1 is 1.21 bits per heavy atom. The van der Waals surface area contributed by atoms with Crippen molar-refractivity contribution in [1.29, 1.82) is 0 Å². The third-order valence-electron chi connectivity index (χ3n) is 4.63. The number of hydrogen-bond acceptors (Lipinski definition) is 6. The predicted octanol–water partition coefficient (Wildman–Crippen LogP) is 3.81. The number of hydrogen-bond donors (Lipinski definition) is 1. The molecule has 1 fully saturated rings. The number of aliphatic hydroxyl groups is 1. The van der Waals surface area contributed by atoms with Crippen molar-refractivity contribution in [2.45, 2.75) is 64.6 Å². The number of rotatable bonds is 5. The molecular formula is C23H30O6. The predicted molar refractivity (Wildman–Crippen MR) is 108 cm³/mol. The number of carbonyl (C=O) groups excluding carboxylic acids is 2. The van der Waals surface area contributed by atoms with Gasteiger partial charge < -0.3 is 19.3 Å². The van der Waals surface area contributed by atoms with Gasteiger partial charge >= 0.3 is 11.9 Å². The summed E-state index contributed by atoms with van der Waals surface area (Å²) in [6, 6.07) is 4.73. The highest BCUT2D eigenvalue weighted by Gasteiger charge is 2.20. The first-order chi connectivity index (χ1) is 13.7. The van der Waals surface area contributed by atoms with Crippen molar-refractivity contribution in [3.63, 3.8) is 0 Å². The molecule has 0 bridgehead atoms. The van der Waals surface area contributed by atoms with Crippen LogP contribution in [0.2, 0.25) is 0 Å². The van der Waals surface area contributed by atoms with E-state index in [1.807, 2.05) is 0 Å². The van der Waals surface area contributed by atoms with E-state index in [0.29, 0.717) is 23.8 Å². The Morgan fingerprint density at radius 2 is 1.90 bits per heavy atom. The lowest BCUT2D eigenvalue weighted by molar-refractivity contribution is -0.147. The fourth-order valence-corrected chi connectivity index (χ4v) is 3.19. The van der Waals surface area contributed by atoms with Gasteiger partial charge in [-0.3, -0.25) is 0 Å². The van der Waals surface area contributed by atoms with Crippen LogP contribution in [0.15, 0.2) is 18.2 Å². The zero-order valence-electron chi connectivity index (χ0n) is 17.6. The van der Waals surface area contributed by atoms with Crippen LogP contribution in [0.4, 0.5) is 0 Å². The van der Waals surface area contributed by atoms with Crippen molar-refractivity contribution in [3.05, 3.63) is 29.3 Å². The van der Waals surface area contributed by atoms with Crippen molar-refractivity contribution in [1.82, 2.24) is 0 Å². The third kappa shape index (κ3) is 7.43. The quantitative estimate of drug-likeness (QED) is 0.458. The van der Waals surface area contributed by atoms with Gasteiger partial charge in [0.15, 0.2) is 0 Å². The highest BCUT2D eigenvalue weighted by molar-refractivity contribution is 5.93. The molecule has 1 atom stereocenters. The van der Waals surface area contributed by atoms with E-state index in [4.69, 9.17) is 14.2 Å². The van der Waals surface area contributed by atoms with Gasteiger partial charge in [-0.05, 0) is 57.2 Å². The van der Waals surface area contributed by atoms with Crippen LogP contribution in [0.1, 0.15) is 74.9 Å². The molecule has 1 aromatic rings. The lowest BCUT2D eigenvalue weighted by Gasteiger charge is -2.22. The fraction of sp³-hybridized carbons (Fsp3) is 0.565. The second kappa shape index (κ2) is 10.3. The van der Waals surface area contributed by atoms with Gasteiger partial charge in [0.05, 0.1) is 13.7 Å². The van der Waals surface area contributed by atoms with Crippen molar-refractivity contribution >= 4 is 11.9 Å². The minimum Gasteiger partial charge on any atom is -0.492 e. The van der Waals surface area contributed by atoms with Crippen LogP contribution in [-0.4, -0.2) is 36.4 Å². The zero-order chi connectivity index (χ0) is 21.4. The van der Waals surface area contributed by atoms with E-state index in [2.05, 4.69) is 11.8 Å². The molecule has 158 valence electrons. The fourth-order valence-electron chi connectivity index (χ4n) is 3.19. The molecule has 1 saturated carbocycles. The van der Waals surface area contributed by atoms with Crippen LogP contribution in [-0.2, 0) is 14.3 Å². The maximum Gasteiger partial charge on any atom is 0.384 e. The highest BCUT2D eigenvalue weighted by Crippen LogP contribution is 2.28. The molecule has 1 aromatic carbocycles. The summed E-state index contributed by atoms with van der Waals surface area (Å²) in [7, 11) is 1.29. The second-order valence-electron chi connectivity index (χ2n) is 8.24. The summed E-state index contributed by atoms with van der Waals surface area (Å²) >= 11 is 0. The molecule has 1 aliphatic carbocycles. The van der Waals surface area contributed by atoms with Crippen molar-refractivity contribution in [2.24, 2.45) is 5.92 Å². The van der Waals surface area contributed by atoms with Crippen LogP contribution in [0.25, 0.3) is 0 Å². The molecule has 6 heteroatoms. The zero-order valence-corrected chi connectivity index (χ0v) is 17.6. The first kappa shape index (κ1) is 22.8. The van der Waals surface area contributed by atoms with Gasteiger partial charge in [-0.15, -0.1) is 0 Å². The highest BCUT2D eigenvalue weighted by atomic mass is 16.6. The van der Waals surface area contributed by atoms with Crippen molar-refractivity contribution in [3.8, 4) is 17.6 Å². The van der Waals surface area contributed by atoms with Crippen LogP contribution in [0.5, 0.6) is 5.75 Å². The molecule has 0 heterocycles. The Morgan fingerprint density at radius 3 is 2.52 bits per heavy atom. The minimum atomic E-state index is -1.25. The largest absolute Gasteiger partial charge is 0.492 e. The summed E-state index contributed by atoms with van der Waals surface area (Å²) in [6.45, 7) is 5.75. The summed E-state index contributed by atoms with van der Waals surface area (Å²) in [6.07, 6.45) is 4.69. The Bertz CT molecular complexity index is 775. The van der Waals surface area contributed by atoms with Gasteiger partial charge in [0.1, 0.15) is 23.0 Å². The number of methoxy groups -OCH3 is 1. The van der Waals surface area contributed by atoms with Gasteiger partial charge in [-0.2, -0.15) is 0 Å². The van der Waals surface area contributed by atoms with E-state index >= 15 is 0 Å². The van der Waals surface area contributed by atoms with E-state index in [0.717, 1.165) is 12.8 Å². The second-order valence-corrected chi connectivity index (χ2v) is 8.24. The van der Waals surface area contributed by atoms with E-state index in [1.165, 1.54) is 32.4 Å². The Labute approximate surface area is 172 Å².